The fourth-order valence-electron chi connectivity index (χ4n) is 5.46. The SMILES string of the molecule is Cc1c(-c2[nH]c3sc(N4CCC(NCC5(C)COC5)CC4)nc3c2C(C)C)cn2ncnc2c1C. The number of fused-ring (bicyclic) bond motifs is 2. The molecule has 0 radical (unpaired) electrons. The van der Waals surface area contributed by atoms with Crippen LogP contribution in [0.25, 0.3) is 27.3 Å². The number of H-pyrrole nitrogens is 1. The molecule has 0 atom stereocenters. The first kappa shape index (κ1) is 22.9. The van der Waals surface area contributed by atoms with Crippen molar-refractivity contribution >= 4 is 32.5 Å². The Labute approximate surface area is 210 Å². The van der Waals surface area contributed by atoms with Crippen LogP contribution >= 0.6 is 11.3 Å². The molecule has 2 aliphatic heterocycles. The first-order valence-corrected chi connectivity index (χ1v) is 13.5. The summed E-state index contributed by atoms with van der Waals surface area (Å²) in [5, 5.41) is 9.32. The van der Waals surface area contributed by atoms with Gasteiger partial charge in [-0.2, -0.15) is 5.10 Å². The molecular formula is C26H35N7OS. The summed E-state index contributed by atoms with van der Waals surface area (Å²) in [5.41, 5.74) is 8.38. The molecule has 6 heterocycles. The molecule has 0 unspecified atom stereocenters. The second-order valence-corrected chi connectivity index (χ2v) is 12.0. The van der Waals surface area contributed by atoms with Gasteiger partial charge in [-0.15, -0.1) is 0 Å². The van der Waals surface area contributed by atoms with Gasteiger partial charge in [0.05, 0.1) is 18.9 Å². The molecule has 0 aromatic carbocycles. The third-order valence-corrected chi connectivity index (χ3v) is 8.87. The predicted molar refractivity (Wildman–Crippen MR) is 142 cm³/mol. The molecule has 0 spiro atoms. The topological polar surface area (TPSA) is 83.4 Å². The van der Waals surface area contributed by atoms with Gasteiger partial charge in [-0.3, -0.25) is 0 Å². The molecule has 2 fully saturated rings. The average Bonchev–Trinajstić information content (AvgIpc) is 3.53. The minimum Gasteiger partial charge on any atom is -0.380 e. The van der Waals surface area contributed by atoms with Gasteiger partial charge in [0.2, 0.25) is 0 Å². The fourth-order valence-corrected chi connectivity index (χ4v) is 6.49. The van der Waals surface area contributed by atoms with Gasteiger partial charge in [-0.1, -0.05) is 32.1 Å². The molecule has 2 aliphatic rings. The van der Waals surface area contributed by atoms with Crippen LogP contribution in [0.2, 0.25) is 0 Å². The minimum atomic E-state index is 0.325. The van der Waals surface area contributed by atoms with Crippen LogP contribution in [0.1, 0.15) is 56.2 Å². The van der Waals surface area contributed by atoms with E-state index >= 15 is 0 Å². The van der Waals surface area contributed by atoms with Crippen molar-refractivity contribution in [2.45, 2.75) is 59.4 Å². The molecule has 35 heavy (non-hydrogen) atoms. The van der Waals surface area contributed by atoms with Gasteiger partial charge < -0.3 is 19.9 Å². The lowest BCUT2D eigenvalue weighted by molar-refractivity contribution is -0.100. The zero-order valence-electron chi connectivity index (χ0n) is 21.3. The van der Waals surface area contributed by atoms with Gasteiger partial charge in [0.1, 0.15) is 16.7 Å². The van der Waals surface area contributed by atoms with Crippen LogP contribution in [0.5, 0.6) is 0 Å². The lowest BCUT2D eigenvalue weighted by atomic mass is 9.88. The maximum Gasteiger partial charge on any atom is 0.187 e. The quantitative estimate of drug-likeness (QED) is 0.406. The Morgan fingerprint density at radius 3 is 2.69 bits per heavy atom. The van der Waals surface area contributed by atoms with Gasteiger partial charge >= 0.3 is 0 Å². The van der Waals surface area contributed by atoms with E-state index in [0.717, 1.165) is 78.1 Å². The zero-order chi connectivity index (χ0) is 24.3. The van der Waals surface area contributed by atoms with Gasteiger partial charge in [0.15, 0.2) is 10.8 Å². The van der Waals surface area contributed by atoms with Gasteiger partial charge in [0.25, 0.3) is 0 Å². The van der Waals surface area contributed by atoms with Gasteiger partial charge in [-0.25, -0.2) is 14.5 Å². The lowest BCUT2D eigenvalue weighted by Gasteiger charge is -2.40. The Kier molecular flexibility index (Phi) is 5.62. The molecule has 8 nitrogen and oxygen atoms in total. The largest absolute Gasteiger partial charge is 0.380 e. The van der Waals surface area contributed by atoms with Crippen molar-refractivity contribution < 1.29 is 4.74 Å². The number of piperidine rings is 1. The van der Waals surface area contributed by atoms with E-state index in [-0.39, 0.29) is 0 Å². The highest BCUT2D eigenvalue weighted by atomic mass is 32.1. The van der Waals surface area contributed by atoms with E-state index in [9.17, 15) is 0 Å². The van der Waals surface area contributed by atoms with Crippen molar-refractivity contribution in [2.75, 3.05) is 37.7 Å². The van der Waals surface area contributed by atoms with Crippen LogP contribution in [0.3, 0.4) is 0 Å². The number of hydrogen-bond acceptors (Lipinski definition) is 7. The molecule has 2 saturated heterocycles. The van der Waals surface area contributed by atoms with E-state index in [4.69, 9.17) is 9.72 Å². The van der Waals surface area contributed by atoms with Crippen LogP contribution in [0, 0.1) is 19.3 Å². The lowest BCUT2D eigenvalue weighted by Crippen LogP contribution is -2.51. The second kappa shape index (κ2) is 8.57. The highest BCUT2D eigenvalue weighted by Crippen LogP contribution is 2.41. The number of thiazole rings is 1. The molecule has 0 amide bonds. The first-order chi connectivity index (χ1) is 16.8. The van der Waals surface area contributed by atoms with Crippen molar-refractivity contribution in [3.05, 3.63) is 29.2 Å². The number of hydrogen-bond donors (Lipinski definition) is 2. The normalized spacial score (nSPS) is 18.7. The first-order valence-electron chi connectivity index (χ1n) is 12.7. The molecule has 0 bridgehead atoms. The van der Waals surface area contributed by atoms with E-state index < -0.39 is 0 Å². The van der Waals surface area contributed by atoms with E-state index in [1.807, 2.05) is 4.52 Å². The number of pyridine rings is 1. The maximum atomic E-state index is 5.40. The summed E-state index contributed by atoms with van der Waals surface area (Å²) in [6.45, 7) is 16.0. The Morgan fingerprint density at radius 2 is 2.00 bits per heavy atom. The molecule has 186 valence electrons. The smallest absolute Gasteiger partial charge is 0.187 e. The van der Waals surface area contributed by atoms with Crippen molar-refractivity contribution in [3.8, 4) is 11.3 Å². The third kappa shape index (κ3) is 3.93. The van der Waals surface area contributed by atoms with Crippen molar-refractivity contribution in [2.24, 2.45) is 5.41 Å². The summed E-state index contributed by atoms with van der Waals surface area (Å²) >= 11 is 1.79. The van der Waals surface area contributed by atoms with E-state index in [2.05, 4.69) is 66.1 Å². The third-order valence-electron chi connectivity index (χ3n) is 7.84. The standard InChI is InChI=1S/C26H35N7OS/c1-15(2)20-21(19-10-33-23(28-14-29-33)17(4)16(19)3)30-24-22(20)31-25(35-24)32-8-6-18(7-9-32)27-11-26(5)12-34-13-26/h10,14-15,18,27,30H,6-9,11-13H2,1-5H3. The molecule has 4 aromatic heterocycles. The number of aromatic nitrogens is 5. The molecule has 2 N–H and O–H groups in total. The van der Waals surface area contributed by atoms with E-state index in [1.165, 1.54) is 16.7 Å². The molecule has 0 saturated carbocycles. The van der Waals surface area contributed by atoms with Crippen LogP contribution < -0.4 is 10.2 Å². The summed E-state index contributed by atoms with van der Waals surface area (Å²) in [6.07, 6.45) is 6.03. The number of rotatable bonds is 6. The Balaban J connectivity index is 1.25. The summed E-state index contributed by atoms with van der Waals surface area (Å²) in [7, 11) is 0. The van der Waals surface area contributed by atoms with Crippen LogP contribution in [0.15, 0.2) is 12.5 Å². The maximum absolute atomic E-state index is 5.40. The van der Waals surface area contributed by atoms with E-state index in [1.54, 1.807) is 17.7 Å². The Bertz CT molecular complexity index is 1370. The van der Waals surface area contributed by atoms with Crippen molar-refractivity contribution in [1.29, 1.82) is 0 Å². The predicted octanol–water partition coefficient (Wildman–Crippen LogP) is 4.67. The highest BCUT2D eigenvalue weighted by Gasteiger charge is 2.34. The van der Waals surface area contributed by atoms with E-state index in [0.29, 0.717) is 17.4 Å². The number of nitrogens with zero attached hydrogens (tertiary/aromatic N) is 5. The van der Waals surface area contributed by atoms with Crippen molar-refractivity contribution in [1.82, 2.24) is 29.9 Å². The van der Waals surface area contributed by atoms with Crippen LogP contribution in [-0.2, 0) is 4.74 Å². The zero-order valence-corrected chi connectivity index (χ0v) is 22.1. The summed E-state index contributed by atoms with van der Waals surface area (Å²) < 4.78 is 7.28. The van der Waals surface area contributed by atoms with Gasteiger partial charge in [0, 0.05) is 48.4 Å². The summed E-state index contributed by atoms with van der Waals surface area (Å²) in [6, 6.07) is 0.587. The minimum absolute atomic E-state index is 0.325. The Morgan fingerprint density at radius 1 is 1.23 bits per heavy atom. The molecule has 4 aromatic rings. The van der Waals surface area contributed by atoms with Gasteiger partial charge in [-0.05, 0) is 43.7 Å². The number of nitrogens with one attached hydrogen (secondary N) is 2. The average molecular weight is 494 g/mol. The number of aryl methyl sites for hydroxylation is 1. The molecular weight excluding hydrogens is 458 g/mol. The second-order valence-electron chi connectivity index (χ2n) is 11.0. The molecule has 0 aliphatic carbocycles. The summed E-state index contributed by atoms with van der Waals surface area (Å²) in [5.74, 6) is 0.353. The molecule has 6 rings (SSSR count). The number of aromatic amines is 1. The fraction of sp³-hybridized carbons (Fsp3) is 0.577. The highest BCUT2D eigenvalue weighted by molar-refractivity contribution is 7.21. The van der Waals surface area contributed by atoms with Crippen LogP contribution in [-0.4, -0.2) is 63.5 Å². The Hall–Kier alpha value is -2.49. The monoisotopic (exact) mass is 493 g/mol. The van der Waals surface area contributed by atoms with Crippen molar-refractivity contribution in [3.63, 3.8) is 0 Å². The number of anilines is 1. The van der Waals surface area contributed by atoms with Crippen LogP contribution in [0.4, 0.5) is 5.13 Å². The number of ether oxygens (including phenoxy) is 1. The molecule has 9 heteroatoms. The summed E-state index contributed by atoms with van der Waals surface area (Å²) in [4.78, 5) is 17.0.